The van der Waals surface area contributed by atoms with Gasteiger partial charge in [-0.3, -0.25) is 9.78 Å². The molecule has 0 spiro atoms. The molecule has 0 radical (unpaired) electrons. The summed E-state index contributed by atoms with van der Waals surface area (Å²) in [5.41, 5.74) is 2.72. The third-order valence-electron chi connectivity index (χ3n) is 4.28. The first-order valence-electron chi connectivity index (χ1n) is 8.09. The Morgan fingerprint density at radius 1 is 1.25 bits per heavy atom. The van der Waals surface area contributed by atoms with E-state index in [2.05, 4.69) is 19.9 Å². The summed E-state index contributed by atoms with van der Waals surface area (Å²) in [5, 5.41) is 9.54. The highest BCUT2D eigenvalue weighted by Gasteiger charge is 2.28. The molecule has 126 valence electrons. The fourth-order valence-electron chi connectivity index (χ4n) is 3.04. The number of amides is 1. The fourth-order valence-corrected chi connectivity index (χ4v) is 3.04. The Balaban J connectivity index is 1.80. The number of hydrogen-bond donors (Lipinski definition) is 1. The average Bonchev–Trinajstić information content (AvgIpc) is 2.62. The zero-order valence-electron chi connectivity index (χ0n) is 13.9. The lowest BCUT2D eigenvalue weighted by molar-refractivity contribution is 0.0698. The lowest BCUT2D eigenvalue weighted by atomic mass is 9.92. The zero-order chi connectivity index (χ0) is 17.1. The Hall–Kier alpha value is -2.41. The minimum absolute atomic E-state index is 0.0938. The first kappa shape index (κ1) is 16.4. The third-order valence-corrected chi connectivity index (χ3v) is 4.28. The van der Waals surface area contributed by atoms with E-state index in [-0.39, 0.29) is 18.4 Å². The van der Waals surface area contributed by atoms with E-state index in [0.717, 1.165) is 29.8 Å². The molecular formula is C17H21N5O2. The second-order valence-electron chi connectivity index (χ2n) is 6.12. The van der Waals surface area contributed by atoms with Gasteiger partial charge in [-0.25, -0.2) is 15.0 Å². The minimum atomic E-state index is -0.108. The lowest BCUT2D eigenvalue weighted by Crippen LogP contribution is -2.40. The van der Waals surface area contributed by atoms with Crippen molar-refractivity contribution in [2.24, 2.45) is 0 Å². The van der Waals surface area contributed by atoms with Crippen molar-refractivity contribution in [1.82, 2.24) is 24.8 Å². The molecule has 24 heavy (non-hydrogen) atoms. The number of aromatic nitrogens is 4. The van der Waals surface area contributed by atoms with Crippen LogP contribution in [-0.2, 0) is 6.61 Å². The summed E-state index contributed by atoms with van der Waals surface area (Å²) < 4.78 is 0. The molecule has 3 heterocycles. The molecule has 2 aromatic rings. The van der Waals surface area contributed by atoms with E-state index in [9.17, 15) is 9.90 Å². The summed E-state index contributed by atoms with van der Waals surface area (Å²) >= 11 is 0. The van der Waals surface area contributed by atoms with Crippen LogP contribution in [0.4, 0.5) is 0 Å². The second kappa shape index (κ2) is 7.00. The number of aliphatic hydroxyl groups excluding tert-OH is 1. The largest absolute Gasteiger partial charge is 0.392 e. The van der Waals surface area contributed by atoms with E-state index in [1.807, 2.05) is 13.8 Å². The van der Waals surface area contributed by atoms with Gasteiger partial charge in [0.05, 0.1) is 24.2 Å². The topological polar surface area (TPSA) is 92.1 Å². The van der Waals surface area contributed by atoms with E-state index in [1.54, 1.807) is 17.3 Å². The number of piperidine rings is 1. The molecule has 0 bridgehead atoms. The fraction of sp³-hybridized carbons (Fsp3) is 0.471. The lowest BCUT2D eigenvalue weighted by Gasteiger charge is -2.33. The van der Waals surface area contributed by atoms with Gasteiger partial charge in [-0.1, -0.05) is 0 Å². The molecule has 1 atom stereocenters. The van der Waals surface area contributed by atoms with Crippen molar-refractivity contribution >= 4 is 5.91 Å². The highest BCUT2D eigenvalue weighted by molar-refractivity contribution is 5.92. The number of carbonyl (C=O) groups is 1. The van der Waals surface area contributed by atoms with Crippen molar-refractivity contribution in [3.05, 3.63) is 47.1 Å². The van der Waals surface area contributed by atoms with Crippen LogP contribution < -0.4 is 0 Å². The van der Waals surface area contributed by atoms with Crippen molar-refractivity contribution in [1.29, 1.82) is 0 Å². The predicted molar refractivity (Wildman–Crippen MR) is 87.3 cm³/mol. The van der Waals surface area contributed by atoms with Crippen LogP contribution in [0.1, 0.15) is 52.0 Å². The smallest absolute Gasteiger partial charge is 0.274 e. The van der Waals surface area contributed by atoms with Gasteiger partial charge in [-0.05, 0) is 26.7 Å². The monoisotopic (exact) mass is 327 g/mol. The van der Waals surface area contributed by atoms with Crippen LogP contribution in [-0.4, -0.2) is 48.9 Å². The Kier molecular flexibility index (Phi) is 4.80. The average molecular weight is 327 g/mol. The predicted octanol–water partition coefficient (Wildman–Crippen LogP) is 1.40. The summed E-state index contributed by atoms with van der Waals surface area (Å²) in [5.74, 6) is 0.670. The minimum Gasteiger partial charge on any atom is -0.392 e. The number of likely N-dealkylation sites (tertiary alicyclic amines) is 1. The van der Waals surface area contributed by atoms with Crippen LogP contribution in [0.15, 0.2) is 18.6 Å². The van der Waals surface area contributed by atoms with E-state index in [0.29, 0.717) is 24.6 Å². The van der Waals surface area contributed by atoms with Gasteiger partial charge in [-0.2, -0.15) is 0 Å². The number of carbonyl (C=O) groups excluding carboxylic acids is 1. The maximum atomic E-state index is 12.7. The van der Waals surface area contributed by atoms with Crippen LogP contribution in [0.2, 0.25) is 0 Å². The molecule has 2 aromatic heterocycles. The van der Waals surface area contributed by atoms with E-state index < -0.39 is 0 Å². The van der Waals surface area contributed by atoms with Crippen LogP contribution in [0.3, 0.4) is 0 Å². The van der Waals surface area contributed by atoms with Crippen molar-refractivity contribution in [3.63, 3.8) is 0 Å². The van der Waals surface area contributed by atoms with Crippen molar-refractivity contribution < 1.29 is 9.90 Å². The molecule has 7 heteroatoms. The van der Waals surface area contributed by atoms with Gasteiger partial charge in [0.1, 0.15) is 11.5 Å². The Morgan fingerprint density at radius 2 is 2.08 bits per heavy atom. The van der Waals surface area contributed by atoms with E-state index in [1.165, 1.54) is 6.20 Å². The molecular weight excluding hydrogens is 306 g/mol. The molecule has 1 unspecified atom stereocenters. The summed E-state index contributed by atoms with van der Waals surface area (Å²) in [6, 6.07) is 0. The summed E-state index contributed by atoms with van der Waals surface area (Å²) in [7, 11) is 0. The Labute approximate surface area is 140 Å². The quantitative estimate of drug-likeness (QED) is 0.916. The normalized spacial score (nSPS) is 17.8. The van der Waals surface area contributed by atoms with E-state index >= 15 is 0 Å². The number of nitrogens with zero attached hydrogens (tertiary/aromatic N) is 5. The van der Waals surface area contributed by atoms with Gasteiger partial charge in [0.15, 0.2) is 0 Å². The molecule has 1 N–H and O–H groups in total. The molecule has 1 aliphatic rings. The maximum Gasteiger partial charge on any atom is 0.274 e. The molecule has 0 saturated carbocycles. The van der Waals surface area contributed by atoms with Gasteiger partial charge in [0.2, 0.25) is 0 Å². The molecule has 1 amide bonds. The number of rotatable bonds is 3. The summed E-state index contributed by atoms with van der Waals surface area (Å²) in [4.78, 5) is 31.4. The number of aliphatic hydroxyl groups is 1. The Bertz CT molecular complexity index is 732. The highest BCUT2D eigenvalue weighted by Crippen LogP contribution is 2.28. The van der Waals surface area contributed by atoms with Crippen molar-refractivity contribution in [2.75, 3.05) is 13.1 Å². The van der Waals surface area contributed by atoms with Crippen molar-refractivity contribution in [2.45, 2.75) is 39.2 Å². The highest BCUT2D eigenvalue weighted by atomic mass is 16.3. The second-order valence-corrected chi connectivity index (χ2v) is 6.12. The van der Waals surface area contributed by atoms with Gasteiger partial charge in [0, 0.05) is 37.0 Å². The molecule has 0 aliphatic carbocycles. The molecule has 1 aliphatic heterocycles. The standard InChI is InChI=1S/C17H21N5O2/c1-11-6-20-15(8-18-11)17(24)22-5-3-4-13(9-22)16-14(10-23)7-19-12(2)21-16/h6-8,13,23H,3-5,9-10H2,1-2H3. The van der Waals surface area contributed by atoms with Crippen LogP contribution >= 0.6 is 0 Å². The van der Waals surface area contributed by atoms with Gasteiger partial charge in [0.25, 0.3) is 5.91 Å². The van der Waals surface area contributed by atoms with E-state index in [4.69, 9.17) is 0 Å². The van der Waals surface area contributed by atoms with Crippen molar-refractivity contribution in [3.8, 4) is 0 Å². The van der Waals surface area contributed by atoms with Crippen LogP contribution in [0, 0.1) is 13.8 Å². The van der Waals surface area contributed by atoms with Gasteiger partial charge in [-0.15, -0.1) is 0 Å². The number of aryl methyl sites for hydroxylation is 2. The summed E-state index contributed by atoms with van der Waals surface area (Å²) in [6.45, 7) is 4.84. The Morgan fingerprint density at radius 3 is 2.79 bits per heavy atom. The van der Waals surface area contributed by atoms with Crippen LogP contribution in [0.25, 0.3) is 0 Å². The van der Waals surface area contributed by atoms with Crippen LogP contribution in [0.5, 0.6) is 0 Å². The first-order valence-corrected chi connectivity index (χ1v) is 8.09. The van der Waals surface area contributed by atoms with Gasteiger partial charge < -0.3 is 10.0 Å². The van der Waals surface area contributed by atoms with Gasteiger partial charge >= 0.3 is 0 Å². The summed E-state index contributed by atoms with van der Waals surface area (Å²) in [6.07, 6.45) is 6.63. The maximum absolute atomic E-state index is 12.7. The third kappa shape index (κ3) is 3.41. The molecule has 7 nitrogen and oxygen atoms in total. The molecule has 3 rings (SSSR count). The first-order chi connectivity index (χ1) is 11.6. The number of hydrogen-bond acceptors (Lipinski definition) is 6. The molecule has 0 aromatic carbocycles. The SMILES string of the molecule is Cc1cnc(C(=O)N2CCCC(c3nc(C)ncc3CO)C2)cn1. The molecule has 1 fully saturated rings. The zero-order valence-corrected chi connectivity index (χ0v) is 13.9. The molecule has 1 saturated heterocycles.